The lowest BCUT2D eigenvalue weighted by molar-refractivity contribution is -0.118. The van der Waals surface area contributed by atoms with Gasteiger partial charge in [-0.3, -0.25) is 14.5 Å². The fraction of sp³-hybridized carbons (Fsp3) is 0.267. The third-order valence-electron chi connectivity index (χ3n) is 6.32. The van der Waals surface area contributed by atoms with Crippen molar-refractivity contribution in [3.63, 3.8) is 0 Å². The van der Waals surface area contributed by atoms with Crippen LogP contribution in [0.4, 0.5) is 5.69 Å². The van der Waals surface area contributed by atoms with Gasteiger partial charge in [-0.2, -0.15) is 0 Å². The van der Waals surface area contributed by atoms with E-state index in [2.05, 4.69) is 13.8 Å². The van der Waals surface area contributed by atoms with Crippen LogP contribution in [0.5, 0.6) is 5.75 Å². The van der Waals surface area contributed by atoms with Crippen LogP contribution in [0.25, 0.3) is 0 Å². The molecule has 0 aromatic heterocycles. The molecule has 1 unspecified atom stereocenters. The first kappa shape index (κ1) is 24.3. The Morgan fingerprint density at radius 3 is 2.37 bits per heavy atom. The Labute approximate surface area is 206 Å². The second kappa shape index (κ2) is 10.6. The van der Waals surface area contributed by atoms with E-state index >= 15 is 0 Å². The number of rotatable bonds is 9. The highest BCUT2D eigenvalue weighted by atomic mass is 16.5. The van der Waals surface area contributed by atoms with Gasteiger partial charge in [-0.1, -0.05) is 74.5 Å². The number of ketones is 1. The molecule has 1 aliphatic rings. The van der Waals surface area contributed by atoms with E-state index in [-0.39, 0.29) is 17.8 Å². The summed E-state index contributed by atoms with van der Waals surface area (Å²) in [7, 11) is 0. The van der Waals surface area contributed by atoms with Crippen molar-refractivity contribution in [3.8, 4) is 5.75 Å². The van der Waals surface area contributed by atoms with Crippen molar-refractivity contribution in [1.29, 1.82) is 0 Å². The predicted molar refractivity (Wildman–Crippen MR) is 138 cm³/mol. The molecule has 0 aliphatic carbocycles. The number of carbonyl (C=O) groups is 2. The Morgan fingerprint density at radius 2 is 1.71 bits per heavy atom. The van der Waals surface area contributed by atoms with Crippen molar-refractivity contribution in [1.82, 2.24) is 0 Å². The van der Waals surface area contributed by atoms with Gasteiger partial charge in [0.1, 0.15) is 5.75 Å². The van der Waals surface area contributed by atoms with Crippen LogP contribution in [-0.4, -0.2) is 23.4 Å². The van der Waals surface area contributed by atoms with E-state index < -0.39 is 17.7 Å². The van der Waals surface area contributed by atoms with Crippen LogP contribution < -0.4 is 9.64 Å². The van der Waals surface area contributed by atoms with Crippen molar-refractivity contribution in [3.05, 3.63) is 107 Å². The molecular formula is C30H31NO4. The molecule has 5 nitrogen and oxygen atoms in total. The molecule has 4 rings (SSSR count). The van der Waals surface area contributed by atoms with Crippen molar-refractivity contribution >= 4 is 17.4 Å². The third-order valence-corrected chi connectivity index (χ3v) is 6.32. The molecule has 0 fully saturated rings. The van der Waals surface area contributed by atoms with Crippen LogP contribution in [0.2, 0.25) is 0 Å². The lowest BCUT2D eigenvalue weighted by Crippen LogP contribution is -2.31. The zero-order chi connectivity index (χ0) is 24.9. The predicted octanol–water partition coefficient (Wildman–Crippen LogP) is 6.31. The molecule has 0 saturated heterocycles. The molecule has 1 amide bonds. The summed E-state index contributed by atoms with van der Waals surface area (Å²) in [4.78, 5) is 28.3. The number of benzene rings is 3. The van der Waals surface area contributed by atoms with E-state index in [4.69, 9.17) is 4.74 Å². The molecule has 3 aromatic rings. The van der Waals surface area contributed by atoms with Crippen LogP contribution in [0.1, 0.15) is 55.8 Å². The van der Waals surface area contributed by atoms with Crippen LogP contribution in [0.3, 0.4) is 0 Å². The fourth-order valence-electron chi connectivity index (χ4n) is 4.46. The summed E-state index contributed by atoms with van der Waals surface area (Å²) in [6.45, 7) is 6.61. The fourth-order valence-corrected chi connectivity index (χ4v) is 4.46. The minimum absolute atomic E-state index is 0.144. The zero-order valence-corrected chi connectivity index (χ0v) is 20.4. The van der Waals surface area contributed by atoms with Crippen molar-refractivity contribution < 1.29 is 19.4 Å². The molecule has 180 valence electrons. The van der Waals surface area contributed by atoms with Gasteiger partial charge in [0, 0.05) is 18.2 Å². The number of Topliss-reactive ketones (excluding diaryl/α,β-unsaturated/α-hetero) is 1. The van der Waals surface area contributed by atoms with E-state index in [0.29, 0.717) is 30.4 Å². The first-order valence-electron chi connectivity index (χ1n) is 12.1. The number of anilines is 1. The van der Waals surface area contributed by atoms with Crippen molar-refractivity contribution in [2.75, 3.05) is 11.5 Å². The first-order valence-corrected chi connectivity index (χ1v) is 12.1. The molecule has 5 heteroatoms. The average Bonchev–Trinajstić information content (AvgIpc) is 3.14. The summed E-state index contributed by atoms with van der Waals surface area (Å²) in [6.07, 6.45) is 0.730. The Bertz CT molecular complexity index is 1230. The van der Waals surface area contributed by atoms with E-state index in [9.17, 15) is 14.7 Å². The highest BCUT2D eigenvalue weighted by molar-refractivity contribution is 6.16. The standard InChI is InChI=1S/C30H31NO4/c1-4-35-25-12-8-11-24(19-25)31-28(23-16-14-22(15-17-23)20(2)3)27(29(33)30(31)34)26(32)18-13-21-9-6-5-7-10-21/h5-12,14-17,19-20,28,33H,4,13,18H2,1-3H3. The number of nitrogens with zero attached hydrogens (tertiary/aromatic N) is 1. The number of hydrogen-bond acceptors (Lipinski definition) is 4. The molecule has 1 N–H and O–H groups in total. The maximum atomic E-state index is 13.5. The molecule has 1 atom stereocenters. The smallest absolute Gasteiger partial charge is 0.294 e. The molecule has 1 heterocycles. The highest BCUT2D eigenvalue weighted by Gasteiger charge is 2.44. The molecule has 0 saturated carbocycles. The van der Waals surface area contributed by atoms with Crippen LogP contribution in [0, 0.1) is 0 Å². The van der Waals surface area contributed by atoms with Gasteiger partial charge in [0.05, 0.1) is 18.2 Å². The first-order chi connectivity index (χ1) is 16.9. The second-order valence-corrected chi connectivity index (χ2v) is 9.00. The van der Waals surface area contributed by atoms with Gasteiger partial charge >= 0.3 is 0 Å². The Balaban J connectivity index is 1.73. The molecular weight excluding hydrogens is 438 g/mol. The summed E-state index contributed by atoms with van der Waals surface area (Å²) >= 11 is 0. The lowest BCUT2D eigenvalue weighted by atomic mass is 9.91. The van der Waals surface area contributed by atoms with Gasteiger partial charge in [0.25, 0.3) is 5.91 Å². The summed E-state index contributed by atoms with van der Waals surface area (Å²) < 4.78 is 5.63. The highest BCUT2D eigenvalue weighted by Crippen LogP contribution is 2.42. The van der Waals surface area contributed by atoms with Gasteiger partial charge in [-0.05, 0) is 48.1 Å². The summed E-state index contributed by atoms with van der Waals surface area (Å²) in [6, 6.07) is 24.1. The van der Waals surface area contributed by atoms with Gasteiger partial charge < -0.3 is 9.84 Å². The Morgan fingerprint density at radius 1 is 1.00 bits per heavy atom. The molecule has 0 radical (unpaired) electrons. The molecule has 0 bridgehead atoms. The summed E-state index contributed by atoms with van der Waals surface area (Å²) in [5, 5.41) is 10.9. The quantitative estimate of drug-likeness (QED) is 0.399. The minimum Gasteiger partial charge on any atom is -0.503 e. The van der Waals surface area contributed by atoms with E-state index in [1.807, 2.05) is 67.6 Å². The third kappa shape index (κ3) is 5.14. The average molecular weight is 470 g/mol. The van der Waals surface area contributed by atoms with Gasteiger partial charge in [0.2, 0.25) is 0 Å². The number of aryl methyl sites for hydroxylation is 1. The molecule has 0 spiro atoms. The van der Waals surface area contributed by atoms with Gasteiger partial charge in [-0.25, -0.2) is 0 Å². The zero-order valence-electron chi connectivity index (χ0n) is 20.4. The van der Waals surface area contributed by atoms with Crippen LogP contribution in [-0.2, 0) is 16.0 Å². The number of aliphatic hydroxyl groups excluding tert-OH is 1. The maximum absolute atomic E-state index is 13.5. The van der Waals surface area contributed by atoms with Crippen molar-refractivity contribution in [2.45, 2.75) is 45.6 Å². The topological polar surface area (TPSA) is 66.8 Å². The van der Waals surface area contributed by atoms with E-state index in [0.717, 1.165) is 16.7 Å². The second-order valence-electron chi connectivity index (χ2n) is 9.00. The molecule has 35 heavy (non-hydrogen) atoms. The number of amides is 1. The largest absolute Gasteiger partial charge is 0.503 e. The Kier molecular flexibility index (Phi) is 7.35. The normalized spacial score (nSPS) is 15.7. The van der Waals surface area contributed by atoms with Crippen LogP contribution in [0.15, 0.2) is 90.2 Å². The van der Waals surface area contributed by atoms with Gasteiger partial charge in [0.15, 0.2) is 11.5 Å². The Hall–Kier alpha value is -3.86. The maximum Gasteiger partial charge on any atom is 0.294 e. The molecule has 3 aromatic carbocycles. The number of aliphatic hydroxyl groups is 1. The number of carbonyl (C=O) groups excluding carboxylic acids is 2. The van der Waals surface area contributed by atoms with Gasteiger partial charge in [-0.15, -0.1) is 0 Å². The lowest BCUT2D eigenvalue weighted by Gasteiger charge is -2.27. The SMILES string of the molecule is CCOc1cccc(N2C(=O)C(O)=C(C(=O)CCc3ccccc3)C2c2ccc(C(C)C)cc2)c1. The minimum atomic E-state index is -0.719. The molecule has 1 aliphatic heterocycles. The van der Waals surface area contributed by atoms with E-state index in [1.54, 1.807) is 18.2 Å². The monoisotopic (exact) mass is 469 g/mol. The number of ether oxygens (including phenoxy) is 1. The summed E-state index contributed by atoms with van der Waals surface area (Å²) in [5.41, 5.74) is 3.68. The number of hydrogen-bond donors (Lipinski definition) is 1. The summed E-state index contributed by atoms with van der Waals surface area (Å²) in [5.74, 6) is -0.331. The van der Waals surface area contributed by atoms with Crippen molar-refractivity contribution in [2.24, 2.45) is 0 Å². The van der Waals surface area contributed by atoms with E-state index in [1.165, 1.54) is 4.90 Å². The van der Waals surface area contributed by atoms with Crippen LogP contribution >= 0.6 is 0 Å².